The van der Waals surface area contributed by atoms with Crippen molar-refractivity contribution in [2.75, 3.05) is 0 Å². The van der Waals surface area contributed by atoms with E-state index in [9.17, 15) is 4.79 Å². The fourth-order valence-corrected chi connectivity index (χ4v) is 0.953. The summed E-state index contributed by atoms with van der Waals surface area (Å²) in [6, 6.07) is 0. The molecule has 0 aromatic carbocycles. The fourth-order valence-electron chi connectivity index (χ4n) is 0.953. The Kier molecular flexibility index (Phi) is 6.29. The number of carboxylic acids is 1. The van der Waals surface area contributed by atoms with Crippen molar-refractivity contribution >= 4 is 17.9 Å². The first-order chi connectivity index (χ1) is 8.80. The van der Waals surface area contributed by atoms with Gasteiger partial charge < -0.3 is 10.4 Å². The maximum absolute atomic E-state index is 10.8. The molecule has 1 heterocycles. The van der Waals surface area contributed by atoms with Gasteiger partial charge in [0.25, 0.3) is 0 Å². The van der Waals surface area contributed by atoms with Gasteiger partial charge in [-0.15, -0.1) is 0 Å². The maximum Gasteiger partial charge on any atom is 0.354 e. The monoisotopic (exact) mass is 243 g/mol. The molecule has 0 fully saturated rings. The highest BCUT2D eigenvalue weighted by molar-refractivity contribution is 6.40. The smallest absolute Gasteiger partial charge is 0.354 e. The van der Waals surface area contributed by atoms with Gasteiger partial charge in [-0.05, 0) is 36.5 Å². The zero-order valence-corrected chi connectivity index (χ0v) is 9.60. The largest absolute Gasteiger partial charge is 0.477 e. The third kappa shape index (κ3) is 6.02. The van der Waals surface area contributed by atoms with Crippen LogP contribution in [0.15, 0.2) is 71.2 Å². The number of rotatable bonds is 1. The van der Waals surface area contributed by atoms with Gasteiger partial charge >= 0.3 is 5.97 Å². The summed E-state index contributed by atoms with van der Waals surface area (Å²) in [6.45, 7) is 0. The maximum atomic E-state index is 10.8. The van der Waals surface area contributed by atoms with Gasteiger partial charge in [-0.2, -0.15) is 0 Å². The van der Waals surface area contributed by atoms with E-state index in [2.05, 4.69) is 15.3 Å². The van der Waals surface area contributed by atoms with E-state index in [0.717, 1.165) is 0 Å². The van der Waals surface area contributed by atoms with E-state index >= 15 is 0 Å². The summed E-state index contributed by atoms with van der Waals surface area (Å²) in [7, 11) is 0. The van der Waals surface area contributed by atoms with Gasteiger partial charge in [0.1, 0.15) is 5.71 Å². The standard InChI is InChI=1S/C13H13N3O2/c17-13(18)12-6-5-10-15-8-2-1-7-14-9-3-4-11-16-12/h1-11,14H,(H,17,18). The molecule has 0 spiro atoms. The highest BCUT2D eigenvalue weighted by Crippen LogP contribution is 1.87. The van der Waals surface area contributed by atoms with E-state index < -0.39 is 5.97 Å². The summed E-state index contributed by atoms with van der Waals surface area (Å²) < 4.78 is 0. The summed E-state index contributed by atoms with van der Waals surface area (Å²) in [4.78, 5) is 18.6. The van der Waals surface area contributed by atoms with Crippen molar-refractivity contribution in [3.8, 4) is 0 Å². The number of hydrogen-bond donors (Lipinski definition) is 2. The molecule has 18 heavy (non-hydrogen) atoms. The predicted molar refractivity (Wildman–Crippen MR) is 72.4 cm³/mol. The molecule has 0 atom stereocenters. The molecule has 1 aliphatic rings. The summed E-state index contributed by atoms with van der Waals surface area (Å²) in [5.41, 5.74) is -0.0592. The van der Waals surface area contributed by atoms with Crippen molar-refractivity contribution in [2.45, 2.75) is 0 Å². The van der Waals surface area contributed by atoms with E-state index in [1.807, 2.05) is 0 Å². The Morgan fingerprint density at radius 2 is 1.78 bits per heavy atom. The van der Waals surface area contributed by atoms with Gasteiger partial charge in [0, 0.05) is 31.0 Å². The number of hydrogen-bond acceptors (Lipinski definition) is 4. The Morgan fingerprint density at radius 1 is 1.06 bits per heavy atom. The number of nitrogens with zero attached hydrogens (tertiary/aromatic N) is 2. The number of carboxylic acid groups (broad SMARTS) is 1. The van der Waals surface area contributed by atoms with Crippen molar-refractivity contribution in [1.29, 1.82) is 0 Å². The van der Waals surface area contributed by atoms with Crippen molar-refractivity contribution in [3.05, 3.63) is 61.3 Å². The van der Waals surface area contributed by atoms with Crippen LogP contribution in [0, 0.1) is 0 Å². The fraction of sp³-hybridized carbons (Fsp3) is 0. The van der Waals surface area contributed by atoms with Crippen LogP contribution in [-0.4, -0.2) is 23.0 Å². The average molecular weight is 243 g/mol. The van der Waals surface area contributed by atoms with Gasteiger partial charge in [0.2, 0.25) is 0 Å². The van der Waals surface area contributed by atoms with Gasteiger partial charge in [-0.3, -0.25) is 4.99 Å². The first kappa shape index (κ1) is 13.4. The first-order valence-corrected chi connectivity index (χ1v) is 5.21. The quantitative estimate of drug-likeness (QED) is 0.737. The van der Waals surface area contributed by atoms with E-state index in [0.29, 0.717) is 0 Å². The molecule has 0 aliphatic carbocycles. The van der Waals surface area contributed by atoms with Crippen molar-refractivity contribution in [3.63, 3.8) is 0 Å². The molecule has 1 rings (SSSR count). The Hall–Kier alpha value is -2.69. The Bertz CT molecular complexity index is 480. The molecule has 0 saturated carbocycles. The van der Waals surface area contributed by atoms with Crippen LogP contribution < -0.4 is 5.32 Å². The molecule has 92 valence electrons. The lowest BCUT2D eigenvalue weighted by Crippen LogP contribution is -2.09. The molecular weight excluding hydrogens is 230 g/mol. The molecule has 2 N–H and O–H groups in total. The number of allylic oxidation sites excluding steroid dienone is 5. The molecule has 0 radical (unpaired) electrons. The second-order valence-electron chi connectivity index (χ2n) is 3.04. The van der Waals surface area contributed by atoms with Crippen LogP contribution >= 0.6 is 0 Å². The van der Waals surface area contributed by atoms with Gasteiger partial charge in [0.15, 0.2) is 0 Å². The van der Waals surface area contributed by atoms with E-state index in [4.69, 9.17) is 5.11 Å². The van der Waals surface area contributed by atoms with Gasteiger partial charge in [0.05, 0.1) is 0 Å². The number of aliphatic imine (C=N–C) groups is 2. The van der Waals surface area contributed by atoms with Gasteiger partial charge in [-0.1, -0.05) is 0 Å². The molecule has 0 aromatic heterocycles. The van der Waals surface area contributed by atoms with Crippen molar-refractivity contribution in [2.24, 2.45) is 9.98 Å². The predicted octanol–water partition coefficient (Wildman–Crippen LogP) is 1.80. The molecule has 0 unspecified atom stereocenters. The zero-order chi connectivity index (χ0) is 13.1. The molecule has 5 heteroatoms. The van der Waals surface area contributed by atoms with Gasteiger partial charge in [-0.25, -0.2) is 9.79 Å². The summed E-state index contributed by atoms with van der Waals surface area (Å²) in [5, 5.41) is 11.8. The molecular formula is C13H13N3O2. The summed E-state index contributed by atoms with van der Waals surface area (Å²) in [5.74, 6) is -1.09. The van der Waals surface area contributed by atoms with Crippen LogP contribution in [0.25, 0.3) is 0 Å². The van der Waals surface area contributed by atoms with Crippen molar-refractivity contribution in [1.82, 2.24) is 5.32 Å². The minimum absolute atomic E-state index is 0.0592. The first-order valence-electron chi connectivity index (χ1n) is 5.21. The van der Waals surface area contributed by atoms with Crippen LogP contribution in [0.3, 0.4) is 0 Å². The van der Waals surface area contributed by atoms with E-state index in [-0.39, 0.29) is 5.71 Å². The zero-order valence-electron chi connectivity index (χ0n) is 9.60. The third-order valence-electron chi connectivity index (χ3n) is 1.72. The third-order valence-corrected chi connectivity index (χ3v) is 1.72. The van der Waals surface area contributed by atoms with Crippen LogP contribution in [0.4, 0.5) is 0 Å². The Morgan fingerprint density at radius 3 is 2.50 bits per heavy atom. The van der Waals surface area contributed by atoms with E-state index in [1.54, 1.807) is 42.9 Å². The minimum atomic E-state index is -1.09. The molecule has 0 bridgehead atoms. The molecule has 0 aromatic rings. The van der Waals surface area contributed by atoms with Crippen LogP contribution in [0.5, 0.6) is 0 Å². The number of nitrogens with one attached hydrogen (secondary N) is 1. The van der Waals surface area contributed by atoms with E-state index in [1.165, 1.54) is 24.6 Å². The number of carbonyl (C=O) groups is 1. The number of aliphatic carboxylic acids is 1. The van der Waals surface area contributed by atoms with Crippen LogP contribution in [-0.2, 0) is 4.79 Å². The normalized spacial score (nSPS) is 15.7. The lowest BCUT2D eigenvalue weighted by atomic mass is 10.3. The molecule has 0 saturated heterocycles. The SMILES string of the molecule is O=C(O)C1=NC=CC=CNC=CC=CN=CC=C1. The molecule has 5 nitrogen and oxygen atoms in total. The minimum Gasteiger partial charge on any atom is -0.477 e. The summed E-state index contributed by atoms with van der Waals surface area (Å²) >= 11 is 0. The van der Waals surface area contributed by atoms with Crippen LogP contribution in [0.2, 0.25) is 0 Å². The topological polar surface area (TPSA) is 74.0 Å². The summed E-state index contributed by atoms with van der Waals surface area (Å²) in [6.07, 6.45) is 17.7. The Labute approximate surface area is 105 Å². The highest BCUT2D eigenvalue weighted by Gasteiger charge is 2.02. The average Bonchev–Trinajstić information content (AvgIpc) is 2.36. The van der Waals surface area contributed by atoms with Crippen LogP contribution in [0.1, 0.15) is 0 Å². The molecule has 1 aliphatic heterocycles. The Balaban J connectivity index is 2.89. The molecule has 0 amide bonds. The second-order valence-corrected chi connectivity index (χ2v) is 3.04. The van der Waals surface area contributed by atoms with Crippen molar-refractivity contribution < 1.29 is 9.90 Å². The highest BCUT2D eigenvalue weighted by atomic mass is 16.4. The lowest BCUT2D eigenvalue weighted by molar-refractivity contribution is -0.129. The lowest BCUT2D eigenvalue weighted by Gasteiger charge is -1.89. The second kappa shape index (κ2) is 8.46.